The number of imide groups is 1. The minimum absolute atomic E-state index is 0.0126. The highest BCUT2D eigenvalue weighted by Gasteiger charge is 2.40. The van der Waals surface area contributed by atoms with Gasteiger partial charge in [-0.1, -0.05) is 0 Å². The lowest BCUT2D eigenvalue weighted by molar-refractivity contribution is -0.138. The van der Waals surface area contributed by atoms with Crippen LogP contribution in [0.5, 0.6) is 0 Å². The highest BCUT2D eigenvalue weighted by atomic mass is 32.2. The van der Waals surface area contributed by atoms with Crippen LogP contribution in [-0.4, -0.2) is 104 Å². The molecule has 0 saturated carbocycles. The number of halogens is 7. The molecule has 1 aromatic heterocycles. The molecule has 2 aromatic carbocycles. The molecule has 5 heterocycles. The number of alkyl halides is 4. The van der Waals surface area contributed by atoms with Crippen LogP contribution >= 0.6 is 0 Å². The molecule has 0 radical (unpaired) electrons. The normalized spacial score (nSPS) is 25.1. The van der Waals surface area contributed by atoms with Gasteiger partial charge < -0.3 is 25.1 Å². The smallest absolute Gasteiger partial charge is 0.388 e. The number of rotatable bonds is 10. The SMILES string of the molecule is C[C@]1(O)CCCN(c2nc(Nc3ccc(S(=O)(=O)N[C@@H]4CCN(CC5CCN(c6cc(F)c(C7CCC(=O)NC7=O)c(F)c6)CC5)C[C@@H]4F)cc3F)ncc2C(F)(F)F)C1. The number of hydrogen-bond donors (Lipinski definition) is 4. The zero-order valence-corrected chi connectivity index (χ0v) is 33.4. The second kappa shape index (κ2) is 17.0. The lowest BCUT2D eigenvalue weighted by atomic mass is 9.89. The summed E-state index contributed by atoms with van der Waals surface area (Å²) in [4.78, 5) is 35.9. The van der Waals surface area contributed by atoms with Crippen LogP contribution in [0, 0.1) is 23.4 Å². The molecule has 4 fully saturated rings. The van der Waals surface area contributed by atoms with Crippen molar-refractivity contribution in [3.05, 3.63) is 65.1 Å². The maximum Gasteiger partial charge on any atom is 0.421 e. The zero-order valence-electron chi connectivity index (χ0n) is 32.5. The molecule has 4 atom stereocenters. The summed E-state index contributed by atoms with van der Waals surface area (Å²) >= 11 is 0. The number of likely N-dealkylation sites (tertiary alicyclic amines) is 1. The zero-order chi connectivity index (χ0) is 43.1. The Morgan fingerprint density at radius 2 is 1.68 bits per heavy atom. The fraction of sp³-hybridized carbons (Fsp3) is 0.538. The van der Waals surface area contributed by atoms with E-state index in [0.29, 0.717) is 69.8 Å². The number of nitrogens with one attached hydrogen (secondary N) is 3. The number of sulfonamides is 1. The molecule has 326 valence electrons. The topological polar surface area (TPSA) is 160 Å². The van der Waals surface area contributed by atoms with E-state index in [9.17, 15) is 36.3 Å². The van der Waals surface area contributed by atoms with Crippen LogP contribution in [0.15, 0.2) is 41.4 Å². The van der Waals surface area contributed by atoms with Gasteiger partial charge in [0.1, 0.15) is 35.0 Å². The Balaban J connectivity index is 0.915. The summed E-state index contributed by atoms with van der Waals surface area (Å²) < 4.78 is 131. The Morgan fingerprint density at radius 1 is 0.967 bits per heavy atom. The monoisotopic (exact) mass is 870 g/mol. The number of β-amino-alcohol motifs (C(OH)–C–C–N with tert-alkyl or cyclic N) is 1. The van der Waals surface area contributed by atoms with Gasteiger partial charge >= 0.3 is 6.18 Å². The van der Waals surface area contributed by atoms with Gasteiger partial charge in [-0.3, -0.25) is 14.9 Å². The van der Waals surface area contributed by atoms with Crippen molar-refractivity contribution in [2.45, 2.75) is 86.7 Å². The number of anilines is 4. The van der Waals surface area contributed by atoms with Crippen LogP contribution in [0.1, 0.15) is 68.9 Å². The summed E-state index contributed by atoms with van der Waals surface area (Å²) in [7, 11) is -4.41. The van der Waals surface area contributed by atoms with Gasteiger partial charge in [0.25, 0.3) is 0 Å². The van der Waals surface area contributed by atoms with Crippen molar-refractivity contribution in [2.75, 3.05) is 60.9 Å². The third-order valence-corrected chi connectivity index (χ3v) is 13.1. The number of aliphatic hydroxyl groups is 1. The summed E-state index contributed by atoms with van der Waals surface area (Å²) in [5.74, 6) is -5.87. The highest BCUT2D eigenvalue weighted by molar-refractivity contribution is 7.89. The van der Waals surface area contributed by atoms with E-state index in [-0.39, 0.29) is 56.1 Å². The number of benzene rings is 2. The Labute approximate surface area is 341 Å². The van der Waals surface area contributed by atoms with E-state index in [1.165, 1.54) is 24.0 Å². The van der Waals surface area contributed by atoms with Gasteiger partial charge in [-0.25, -0.2) is 35.7 Å². The summed E-state index contributed by atoms with van der Waals surface area (Å²) in [6.07, 6.45) is -3.65. The summed E-state index contributed by atoms with van der Waals surface area (Å²) in [5, 5.41) is 15.1. The third kappa shape index (κ3) is 9.79. The van der Waals surface area contributed by atoms with Crippen molar-refractivity contribution in [2.24, 2.45) is 5.92 Å². The molecule has 0 bridgehead atoms. The Kier molecular flexibility index (Phi) is 12.4. The second-order valence-corrected chi connectivity index (χ2v) is 18.0. The molecule has 7 rings (SSSR count). The minimum Gasteiger partial charge on any atom is -0.388 e. The molecule has 2 amide bonds. The van der Waals surface area contributed by atoms with Gasteiger partial charge in [0.05, 0.1) is 28.1 Å². The summed E-state index contributed by atoms with van der Waals surface area (Å²) in [5.41, 5.74) is -2.75. The standard InChI is InChI=1S/C39H45F7N8O5S/c1-38(57)10-2-11-54(21-38)35-26(39(44,45)46)18-47-37(50-35)48-31-5-3-24(17-27(31)40)60(58,59)51-32-9-12-52(20-30(32)43)19-22-7-13-53(14-8-22)23-15-28(41)34(29(42)16-23)25-4-6-33(55)49-36(25)56/h3,5,15-18,22,25,30,32,51,57H,2,4,6-14,19-21H2,1H3,(H,47,48,50)(H,49,55,56)/t25?,30-,32+,38-/m0/s1. The number of carbonyl (C=O) groups excluding carboxylic acids is 2. The molecular formula is C39H45F7N8O5S. The molecule has 21 heteroatoms. The Morgan fingerprint density at radius 3 is 2.32 bits per heavy atom. The summed E-state index contributed by atoms with van der Waals surface area (Å²) in [6, 6.07) is 4.10. The lowest BCUT2D eigenvalue weighted by Gasteiger charge is -2.39. The fourth-order valence-electron chi connectivity index (χ4n) is 8.49. The fourth-order valence-corrected chi connectivity index (χ4v) is 9.79. The van der Waals surface area contributed by atoms with Crippen molar-refractivity contribution in [1.29, 1.82) is 0 Å². The van der Waals surface area contributed by atoms with E-state index in [4.69, 9.17) is 0 Å². The number of hydrogen-bond acceptors (Lipinski definition) is 11. The first-order chi connectivity index (χ1) is 28.3. The lowest BCUT2D eigenvalue weighted by Crippen LogP contribution is -2.53. The van der Waals surface area contributed by atoms with Crippen LogP contribution in [-0.2, 0) is 25.8 Å². The Bertz CT molecular complexity index is 2200. The molecule has 4 N–H and O–H groups in total. The molecule has 4 saturated heterocycles. The van der Waals surface area contributed by atoms with E-state index >= 15 is 17.6 Å². The maximum absolute atomic E-state index is 15.5. The average molecular weight is 871 g/mol. The highest BCUT2D eigenvalue weighted by Crippen LogP contribution is 2.38. The van der Waals surface area contributed by atoms with E-state index in [0.717, 1.165) is 12.1 Å². The largest absolute Gasteiger partial charge is 0.421 e. The molecule has 4 aliphatic heterocycles. The molecule has 4 aliphatic rings. The maximum atomic E-state index is 15.5. The van der Waals surface area contributed by atoms with Crippen LogP contribution in [0.25, 0.3) is 0 Å². The molecule has 0 spiro atoms. The Hall–Kier alpha value is -4.60. The first-order valence-corrected chi connectivity index (χ1v) is 21.2. The van der Waals surface area contributed by atoms with E-state index in [2.05, 4.69) is 25.3 Å². The molecule has 3 aromatic rings. The average Bonchev–Trinajstić information content (AvgIpc) is 3.16. The molecule has 60 heavy (non-hydrogen) atoms. The molecule has 1 unspecified atom stereocenters. The predicted octanol–water partition coefficient (Wildman–Crippen LogP) is 5.14. The number of nitrogens with zero attached hydrogens (tertiary/aromatic N) is 5. The molecule has 13 nitrogen and oxygen atoms in total. The number of amides is 2. The van der Waals surface area contributed by atoms with Crippen molar-refractivity contribution in [1.82, 2.24) is 24.9 Å². The van der Waals surface area contributed by atoms with Gasteiger partial charge in [0.2, 0.25) is 27.8 Å². The summed E-state index contributed by atoms with van der Waals surface area (Å²) in [6.45, 7) is 3.34. The van der Waals surface area contributed by atoms with Crippen LogP contribution in [0.2, 0.25) is 0 Å². The number of carbonyl (C=O) groups is 2. The molecule has 0 aliphatic carbocycles. The van der Waals surface area contributed by atoms with Gasteiger partial charge in [-0.15, -0.1) is 0 Å². The van der Waals surface area contributed by atoms with Crippen LogP contribution < -0.4 is 25.2 Å². The van der Waals surface area contributed by atoms with Gasteiger partial charge in [0, 0.05) is 63.1 Å². The van der Waals surface area contributed by atoms with Gasteiger partial charge in [-0.2, -0.15) is 18.2 Å². The third-order valence-electron chi connectivity index (χ3n) is 11.6. The number of piperidine rings is 4. The van der Waals surface area contributed by atoms with E-state index in [1.54, 1.807) is 0 Å². The van der Waals surface area contributed by atoms with Crippen LogP contribution in [0.3, 0.4) is 0 Å². The minimum atomic E-state index is -4.81. The second-order valence-electron chi connectivity index (χ2n) is 16.3. The van der Waals surface area contributed by atoms with Crippen molar-refractivity contribution in [3.63, 3.8) is 0 Å². The van der Waals surface area contributed by atoms with Gasteiger partial charge in [-0.05, 0) is 88.2 Å². The van der Waals surface area contributed by atoms with Crippen LogP contribution in [0.4, 0.5) is 53.9 Å². The number of aromatic nitrogens is 2. The first-order valence-electron chi connectivity index (χ1n) is 19.7. The van der Waals surface area contributed by atoms with Crippen molar-refractivity contribution < 1.29 is 53.8 Å². The van der Waals surface area contributed by atoms with E-state index < -0.39 is 91.4 Å². The van der Waals surface area contributed by atoms with Crippen molar-refractivity contribution >= 4 is 45.0 Å². The van der Waals surface area contributed by atoms with Crippen molar-refractivity contribution in [3.8, 4) is 0 Å². The first kappa shape index (κ1) is 43.5. The van der Waals surface area contributed by atoms with E-state index in [1.807, 2.05) is 9.80 Å². The predicted molar refractivity (Wildman–Crippen MR) is 205 cm³/mol. The molecular weight excluding hydrogens is 826 g/mol. The van der Waals surface area contributed by atoms with Gasteiger partial charge in [0.15, 0.2) is 0 Å². The quantitative estimate of drug-likeness (QED) is 0.158.